The van der Waals surface area contributed by atoms with Crippen LogP contribution in [0.1, 0.15) is 22.7 Å². The van der Waals surface area contributed by atoms with Gasteiger partial charge in [0.25, 0.3) is 0 Å². The smallest absolute Gasteiger partial charge is 0.325 e. The van der Waals surface area contributed by atoms with Gasteiger partial charge in [-0.1, -0.05) is 46.3 Å². The van der Waals surface area contributed by atoms with Crippen molar-refractivity contribution in [2.24, 2.45) is 0 Å². The number of halogens is 1. The van der Waals surface area contributed by atoms with Crippen molar-refractivity contribution >= 4 is 32.8 Å². The summed E-state index contributed by atoms with van der Waals surface area (Å²) in [6.07, 6.45) is 2.71. The Morgan fingerprint density at radius 1 is 1.21 bits per heavy atom. The number of hydrogen-bond donors (Lipinski definition) is 2. The maximum atomic E-state index is 12.1. The Morgan fingerprint density at radius 3 is 2.79 bits per heavy atom. The van der Waals surface area contributed by atoms with E-state index >= 15 is 0 Å². The number of aliphatic carboxylic acids is 1. The fourth-order valence-corrected chi connectivity index (χ4v) is 3.93. The minimum absolute atomic E-state index is 0.645. The third-order valence-electron chi connectivity index (χ3n) is 4.73. The first kappa shape index (κ1) is 15.4. The van der Waals surface area contributed by atoms with Gasteiger partial charge in [0, 0.05) is 40.2 Å². The highest BCUT2D eigenvalue weighted by atomic mass is 79.9. The van der Waals surface area contributed by atoms with E-state index in [1.807, 2.05) is 36.5 Å². The summed E-state index contributed by atoms with van der Waals surface area (Å²) >= 11 is 3.46. The van der Waals surface area contributed by atoms with Gasteiger partial charge in [-0.25, -0.2) is 0 Å². The van der Waals surface area contributed by atoms with E-state index in [2.05, 4.69) is 37.9 Å². The van der Waals surface area contributed by atoms with Gasteiger partial charge in [0.15, 0.2) is 0 Å². The molecule has 122 valence electrons. The van der Waals surface area contributed by atoms with Crippen LogP contribution in [0.25, 0.3) is 10.9 Å². The predicted octanol–water partition coefficient (Wildman–Crippen LogP) is 4.11. The first-order valence-electron chi connectivity index (χ1n) is 7.93. The summed E-state index contributed by atoms with van der Waals surface area (Å²) in [7, 11) is 0. The van der Waals surface area contributed by atoms with E-state index in [9.17, 15) is 9.90 Å². The summed E-state index contributed by atoms with van der Waals surface area (Å²) in [6, 6.07) is 13.5. The van der Waals surface area contributed by atoms with Crippen molar-refractivity contribution < 1.29 is 9.90 Å². The van der Waals surface area contributed by atoms with Gasteiger partial charge in [0.2, 0.25) is 0 Å². The Labute approximate surface area is 148 Å². The summed E-state index contributed by atoms with van der Waals surface area (Å²) in [5.74, 6) is -0.807. The molecule has 2 heterocycles. The highest BCUT2D eigenvalue weighted by Crippen LogP contribution is 2.33. The quantitative estimate of drug-likeness (QED) is 0.714. The van der Waals surface area contributed by atoms with Crippen molar-refractivity contribution in [3.63, 3.8) is 0 Å². The molecule has 2 N–H and O–H groups in total. The van der Waals surface area contributed by atoms with Gasteiger partial charge in [-0.15, -0.1) is 0 Å². The van der Waals surface area contributed by atoms with Crippen LogP contribution in [0.2, 0.25) is 0 Å². The van der Waals surface area contributed by atoms with Gasteiger partial charge in [-0.2, -0.15) is 0 Å². The largest absolute Gasteiger partial charge is 0.480 e. The molecule has 0 spiro atoms. The van der Waals surface area contributed by atoms with Gasteiger partial charge in [-0.05, 0) is 29.7 Å². The first-order chi connectivity index (χ1) is 11.6. The molecule has 1 aliphatic rings. The highest BCUT2D eigenvalue weighted by Gasteiger charge is 2.31. The molecule has 1 aromatic heterocycles. The molecule has 0 fully saturated rings. The molecule has 4 rings (SSSR count). The van der Waals surface area contributed by atoms with Crippen LogP contribution in [-0.4, -0.2) is 27.5 Å². The van der Waals surface area contributed by atoms with Gasteiger partial charge < -0.3 is 10.1 Å². The second-order valence-corrected chi connectivity index (χ2v) is 7.08. The Hall–Kier alpha value is -2.11. The van der Waals surface area contributed by atoms with Crippen molar-refractivity contribution in [3.8, 4) is 0 Å². The number of carboxylic acids is 1. The van der Waals surface area contributed by atoms with E-state index in [0.29, 0.717) is 6.54 Å². The van der Waals surface area contributed by atoms with Gasteiger partial charge in [0.1, 0.15) is 6.04 Å². The number of nitrogens with zero attached hydrogens (tertiary/aromatic N) is 1. The Morgan fingerprint density at radius 2 is 2.00 bits per heavy atom. The lowest BCUT2D eigenvalue weighted by Crippen LogP contribution is -2.38. The van der Waals surface area contributed by atoms with Crippen molar-refractivity contribution in [2.45, 2.75) is 19.0 Å². The summed E-state index contributed by atoms with van der Waals surface area (Å²) < 4.78 is 0.974. The average Bonchev–Trinajstić information content (AvgIpc) is 2.97. The van der Waals surface area contributed by atoms with Crippen LogP contribution < -0.4 is 0 Å². The molecule has 0 bridgehead atoms. The zero-order valence-corrected chi connectivity index (χ0v) is 14.6. The molecule has 1 atom stereocenters. The Balaban J connectivity index is 1.74. The molecular weight excluding hydrogens is 368 g/mol. The third kappa shape index (κ3) is 2.64. The minimum atomic E-state index is -0.807. The molecular formula is C19H17BrN2O2. The molecule has 0 radical (unpaired) electrons. The molecule has 0 amide bonds. The van der Waals surface area contributed by atoms with Crippen molar-refractivity contribution in [3.05, 3.63) is 69.8 Å². The molecule has 5 heteroatoms. The highest BCUT2D eigenvalue weighted by molar-refractivity contribution is 9.10. The molecule has 4 nitrogen and oxygen atoms in total. The Kier molecular flexibility index (Phi) is 3.90. The number of nitrogens with one attached hydrogen (secondary N) is 1. The van der Waals surface area contributed by atoms with E-state index in [0.717, 1.165) is 33.9 Å². The van der Waals surface area contributed by atoms with Crippen LogP contribution in [0.3, 0.4) is 0 Å². The van der Waals surface area contributed by atoms with E-state index in [-0.39, 0.29) is 0 Å². The summed E-state index contributed by atoms with van der Waals surface area (Å²) in [6.45, 7) is 1.41. The van der Waals surface area contributed by atoms with E-state index in [4.69, 9.17) is 0 Å². The van der Waals surface area contributed by atoms with Crippen LogP contribution in [0.15, 0.2) is 53.1 Å². The lowest BCUT2D eigenvalue weighted by atomic mass is 9.96. The summed E-state index contributed by atoms with van der Waals surface area (Å²) in [5.41, 5.74) is 4.31. The van der Waals surface area contributed by atoms with Gasteiger partial charge in [-0.3, -0.25) is 9.69 Å². The van der Waals surface area contributed by atoms with Crippen LogP contribution in [0.4, 0.5) is 0 Å². The minimum Gasteiger partial charge on any atom is -0.480 e. The average molecular weight is 385 g/mol. The predicted molar refractivity (Wildman–Crippen MR) is 96.9 cm³/mol. The molecule has 2 aromatic carbocycles. The number of aromatic nitrogens is 1. The number of hydrogen-bond acceptors (Lipinski definition) is 2. The number of rotatable bonds is 3. The third-order valence-corrected chi connectivity index (χ3v) is 5.22. The first-order valence-corrected chi connectivity index (χ1v) is 8.73. The molecule has 0 aliphatic carbocycles. The van der Waals surface area contributed by atoms with E-state index in [1.165, 1.54) is 11.1 Å². The molecule has 24 heavy (non-hydrogen) atoms. The second kappa shape index (κ2) is 6.07. The molecule has 0 saturated carbocycles. The fourth-order valence-electron chi connectivity index (χ4n) is 3.57. The SMILES string of the molecule is O=C(O)[C@H](c1c[nH]c2cc(Br)ccc12)N1CCc2ccccc2C1. The molecule has 0 saturated heterocycles. The van der Waals surface area contributed by atoms with Crippen LogP contribution >= 0.6 is 15.9 Å². The van der Waals surface area contributed by atoms with Gasteiger partial charge in [0.05, 0.1) is 0 Å². The topological polar surface area (TPSA) is 56.3 Å². The number of carbonyl (C=O) groups is 1. The number of H-pyrrole nitrogens is 1. The lowest BCUT2D eigenvalue weighted by molar-refractivity contribution is -0.144. The monoisotopic (exact) mass is 384 g/mol. The summed E-state index contributed by atoms with van der Waals surface area (Å²) in [5, 5.41) is 10.9. The van der Waals surface area contributed by atoms with Gasteiger partial charge >= 0.3 is 5.97 Å². The van der Waals surface area contributed by atoms with Crippen molar-refractivity contribution in [2.75, 3.05) is 6.54 Å². The van der Waals surface area contributed by atoms with Crippen LogP contribution in [0.5, 0.6) is 0 Å². The van der Waals surface area contributed by atoms with Crippen molar-refractivity contribution in [1.82, 2.24) is 9.88 Å². The van der Waals surface area contributed by atoms with E-state index in [1.54, 1.807) is 0 Å². The van der Waals surface area contributed by atoms with Crippen LogP contribution in [0, 0.1) is 0 Å². The fraction of sp³-hybridized carbons (Fsp3) is 0.211. The number of benzene rings is 2. The molecule has 3 aromatic rings. The number of fused-ring (bicyclic) bond motifs is 2. The standard InChI is InChI=1S/C19H17BrN2O2/c20-14-5-6-15-16(10-21-17(15)9-14)18(19(23)24)22-8-7-12-3-1-2-4-13(12)11-22/h1-6,9-10,18,21H,7-8,11H2,(H,23,24)/t18-/m0/s1. The van der Waals surface area contributed by atoms with Crippen LogP contribution in [-0.2, 0) is 17.8 Å². The normalized spacial score (nSPS) is 16.0. The molecule has 1 aliphatic heterocycles. The summed E-state index contributed by atoms with van der Waals surface area (Å²) in [4.78, 5) is 17.3. The van der Waals surface area contributed by atoms with Crippen molar-refractivity contribution in [1.29, 1.82) is 0 Å². The molecule has 0 unspecified atom stereocenters. The maximum Gasteiger partial charge on any atom is 0.325 e. The van der Waals surface area contributed by atoms with E-state index < -0.39 is 12.0 Å². The zero-order chi connectivity index (χ0) is 16.7. The maximum absolute atomic E-state index is 12.1. The Bertz CT molecular complexity index is 919. The second-order valence-electron chi connectivity index (χ2n) is 6.16. The number of aromatic amines is 1. The lowest BCUT2D eigenvalue weighted by Gasteiger charge is -2.33. The number of carboxylic acid groups (broad SMARTS) is 1. The zero-order valence-electron chi connectivity index (χ0n) is 13.0.